The van der Waals surface area contributed by atoms with Crippen LogP contribution < -0.4 is 15.5 Å². The summed E-state index contributed by atoms with van der Waals surface area (Å²) in [7, 11) is 3.76. The van der Waals surface area contributed by atoms with Crippen molar-refractivity contribution in [2.75, 3.05) is 24.3 Å². The summed E-state index contributed by atoms with van der Waals surface area (Å²) in [5, 5.41) is 5.21. The predicted octanol–water partition coefficient (Wildman–Crippen LogP) is 2.67. The zero-order chi connectivity index (χ0) is 21.0. The van der Waals surface area contributed by atoms with E-state index in [1.165, 1.54) is 0 Å². The van der Waals surface area contributed by atoms with Crippen molar-refractivity contribution in [2.24, 2.45) is 0 Å². The lowest BCUT2D eigenvalue weighted by Gasteiger charge is -2.12. The Labute approximate surface area is 169 Å². The highest BCUT2D eigenvalue weighted by molar-refractivity contribution is 6.39. The molecule has 0 atom stereocenters. The standard InChI is InChI=1S/C21H23N5O3/c1-13-14(2)29-21(24-13)16-6-5-7-17(11-16)25-20(28)19(27)23-12-15-8-9-22-18(10-15)26(3)4/h5-11H,12H2,1-4H3,(H,23,27)(H,25,28). The van der Waals surface area contributed by atoms with E-state index < -0.39 is 11.8 Å². The van der Waals surface area contributed by atoms with Gasteiger partial charge in [-0.3, -0.25) is 9.59 Å². The molecule has 2 aromatic heterocycles. The molecule has 0 aliphatic carbocycles. The molecule has 0 fully saturated rings. The molecule has 2 amide bonds. The van der Waals surface area contributed by atoms with Crippen LogP contribution >= 0.6 is 0 Å². The lowest BCUT2D eigenvalue weighted by Crippen LogP contribution is -2.35. The van der Waals surface area contributed by atoms with E-state index in [4.69, 9.17) is 4.42 Å². The SMILES string of the molecule is Cc1nc(-c2cccc(NC(=O)C(=O)NCc3ccnc(N(C)C)c3)c2)oc1C. The van der Waals surface area contributed by atoms with Crippen molar-refractivity contribution in [3.8, 4) is 11.5 Å². The highest BCUT2D eigenvalue weighted by atomic mass is 16.4. The summed E-state index contributed by atoms with van der Waals surface area (Å²) in [6, 6.07) is 10.6. The number of aromatic nitrogens is 2. The van der Waals surface area contributed by atoms with Crippen molar-refractivity contribution in [1.82, 2.24) is 15.3 Å². The first kappa shape index (κ1) is 20.1. The number of rotatable bonds is 5. The van der Waals surface area contributed by atoms with Gasteiger partial charge in [0.15, 0.2) is 0 Å². The van der Waals surface area contributed by atoms with Crippen molar-refractivity contribution in [1.29, 1.82) is 0 Å². The fraction of sp³-hybridized carbons (Fsp3) is 0.238. The third-order valence-electron chi connectivity index (χ3n) is 4.32. The number of oxazole rings is 1. The van der Waals surface area contributed by atoms with E-state index in [9.17, 15) is 9.59 Å². The number of amides is 2. The third kappa shape index (κ3) is 4.98. The van der Waals surface area contributed by atoms with E-state index in [1.54, 1.807) is 30.5 Å². The Kier molecular flexibility index (Phi) is 5.92. The first-order valence-electron chi connectivity index (χ1n) is 9.09. The topological polar surface area (TPSA) is 100 Å². The maximum Gasteiger partial charge on any atom is 0.313 e. The number of pyridine rings is 1. The second-order valence-electron chi connectivity index (χ2n) is 6.79. The van der Waals surface area contributed by atoms with Crippen molar-refractivity contribution in [3.63, 3.8) is 0 Å². The summed E-state index contributed by atoms with van der Waals surface area (Å²) in [5.41, 5.74) is 2.85. The zero-order valence-electron chi connectivity index (χ0n) is 16.8. The van der Waals surface area contributed by atoms with Crippen LogP contribution in [-0.4, -0.2) is 35.9 Å². The van der Waals surface area contributed by atoms with E-state index in [2.05, 4.69) is 20.6 Å². The Bertz CT molecular complexity index is 1020. The van der Waals surface area contributed by atoms with Crippen LogP contribution in [0.1, 0.15) is 17.0 Å². The summed E-state index contributed by atoms with van der Waals surface area (Å²) in [5.74, 6) is 0.512. The molecule has 0 aliphatic rings. The smallest absolute Gasteiger partial charge is 0.313 e. The predicted molar refractivity (Wildman–Crippen MR) is 110 cm³/mol. The number of nitrogens with zero attached hydrogens (tertiary/aromatic N) is 3. The van der Waals surface area contributed by atoms with E-state index in [0.29, 0.717) is 17.1 Å². The molecule has 0 saturated carbocycles. The van der Waals surface area contributed by atoms with Crippen LogP contribution in [0.5, 0.6) is 0 Å². The van der Waals surface area contributed by atoms with Gasteiger partial charge in [0.05, 0.1) is 5.69 Å². The summed E-state index contributed by atoms with van der Waals surface area (Å²) in [6.07, 6.45) is 1.66. The van der Waals surface area contributed by atoms with E-state index in [-0.39, 0.29) is 6.54 Å². The van der Waals surface area contributed by atoms with Gasteiger partial charge < -0.3 is 20.0 Å². The van der Waals surface area contributed by atoms with Gasteiger partial charge in [-0.1, -0.05) is 6.07 Å². The monoisotopic (exact) mass is 393 g/mol. The summed E-state index contributed by atoms with van der Waals surface area (Å²) in [6.45, 7) is 3.93. The van der Waals surface area contributed by atoms with Crippen molar-refractivity contribution in [2.45, 2.75) is 20.4 Å². The molecule has 1 aromatic carbocycles. The number of benzene rings is 1. The Hall–Kier alpha value is -3.68. The van der Waals surface area contributed by atoms with Crippen LogP contribution in [-0.2, 0) is 16.1 Å². The quantitative estimate of drug-likeness (QED) is 0.647. The highest BCUT2D eigenvalue weighted by Gasteiger charge is 2.15. The lowest BCUT2D eigenvalue weighted by atomic mass is 10.2. The molecular weight excluding hydrogens is 370 g/mol. The third-order valence-corrected chi connectivity index (χ3v) is 4.32. The van der Waals surface area contributed by atoms with Gasteiger partial charge in [0, 0.05) is 38.1 Å². The molecule has 0 unspecified atom stereocenters. The van der Waals surface area contributed by atoms with Gasteiger partial charge in [0.25, 0.3) is 0 Å². The van der Waals surface area contributed by atoms with E-state index in [0.717, 1.165) is 22.8 Å². The Morgan fingerprint density at radius 1 is 1.10 bits per heavy atom. The average molecular weight is 393 g/mol. The molecule has 0 bridgehead atoms. The van der Waals surface area contributed by atoms with Gasteiger partial charge in [0.1, 0.15) is 11.6 Å². The molecule has 8 nitrogen and oxygen atoms in total. The molecule has 2 N–H and O–H groups in total. The van der Waals surface area contributed by atoms with Crippen LogP contribution in [0.25, 0.3) is 11.5 Å². The Morgan fingerprint density at radius 2 is 1.90 bits per heavy atom. The van der Waals surface area contributed by atoms with Crippen LogP contribution in [0.15, 0.2) is 47.0 Å². The number of hydrogen-bond donors (Lipinski definition) is 2. The number of carbonyl (C=O) groups excluding carboxylic acids is 2. The van der Waals surface area contributed by atoms with Gasteiger partial charge >= 0.3 is 11.8 Å². The van der Waals surface area contributed by atoms with Crippen LogP contribution in [0.4, 0.5) is 11.5 Å². The van der Waals surface area contributed by atoms with Gasteiger partial charge in [-0.2, -0.15) is 0 Å². The second kappa shape index (κ2) is 8.55. The second-order valence-corrected chi connectivity index (χ2v) is 6.79. The maximum absolute atomic E-state index is 12.2. The Balaban J connectivity index is 1.62. The molecule has 3 aromatic rings. The minimum Gasteiger partial charge on any atom is -0.441 e. The van der Waals surface area contributed by atoms with Crippen molar-refractivity contribution in [3.05, 3.63) is 59.6 Å². The summed E-state index contributed by atoms with van der Waals surface area (Å²) < 4.78 is 5.61. The van der Waals surface area contributed by atoms with Crippen LogP contribution in [0.3, 0.4) is 0 Å². The van der Waals surface area contributed by atoms with Crippen molar-refractivity contribution >= 4 is 23.3 Å². The Morgan fingerprint density at radius 3 is 2.59 bits per heavy atom. The zero-order valence-corrected chi connectivity index (χ0v) is 16.8. The first-order valence-corrected chi connectivity index (χ1v) is 9.09. The molecule has 0 spiro atoms. The molecule has 0 radical (unpaired) electrons. The number of hydrogen-bond acceptors (Lipinski definition) is 6. The first-order chi connectivity index (χ1) is 13.8. The molecule has 3 rings (SSSR count). The number of nitrogens with one attached hydrogen (secondary N) is 2. The van der Waals surface area contributed by atoms with E-state index in [1.807, 2.05) is 45.0 Å². The van der Waals surface area contributed by atoms with E-state index >= 15 is 0 Å². The van der Waals surface area contributed by atoms with Gasteiger partial charge in [-0.05, 0) is 49.7 Å². The molecule has 0 saturated heterocycles. The van der Waals surface area contributed by atoms with Crippen molar-refractivity contribution < 1.29 is 14.0 Å². The molecule has 0 aliphatic heterocycles. The highest BCUT2D eigenvalue weighted by Crippen LogP contribution is 2.24. The van der Waals surface area contributed by atoms with Gasteiger partial charge in [0.2, 0.25) is 5.89 Å². The molecule has 29 heavy (non-hydrogen) atoms. The number of carbonyl (C=O) groups is 2. The molecule has 2 heterocycles. The molecular formula is C21H23N5O3. The normalized spacial score (nSPS) is 10.5. The fourth-order valence-corrected chi connectivity index (χ4v) is 2.59. The molecule has 8 heteroatoms. The largest absolute Gasteiger partial charge is 0.441 e. The minimum absolute atomic E-state index is 0.227. The minimum atomic E-state index is -0.746. The number of anilines is 2. The van der Waals surface area contributed by atoms with Crippen LogP contribution in [0.2, 0.25) is 0 Å². The maximum atomic E-state index is 12.2. The summed E-state index contributed by atoms with van der Waals surface area (Å²) in [4.78, 5) is 34.8. The lowest BCUT2D eigenvalue weighted by molar-refractivity contribution is -0.136. The average Bonchev–Trinajstić information content (AvgIpc) is 3.05. The van der Waals surface area contributed by atoms with Crippen LogP contribution in [0, 0.1) is 13.8 Å². The van der Waals surface area contributed by atoms with Gasteiger partial charge in [-0.15, -0.1) is 0 Å². The molecule has 150 valence electrons. The fourth-order valence-electron chi connectivity index (χ4n) is 2.59. The summed E-state index contributed by atoms with van der Waals surface area (Å²) >= 11 is 0. The van der Waals surface area contributed by atoms with Gasteiger partial charge in [-0.25, -0.2) is 9.97 Å². The number of aryl methyl sites for hydroxylation is 2.